The zero-order chi connectivity index (χ0) is 10.8. The zero-order valence-electron chi connectivity index (χ0n) is 7.17. The molecular formula is C8H9NO4S. The fourth-order valence-electron chi connectivity index (χ4n) is 0.901. The molecule has 0 heterocycles. The van der Waals surface area contributed by atoms with Crippen LogP contribution in [0.15, 0.2) is 29.2 Å². The maximum atomic E-state index is 11.1. The second-order valence-corrected chi connectivity index (χ2v) is 4.59. The van der Waals surface area contributed by atoms with Crippen molar-refractivity contribution in [1.82, 2.24) is 0 Å². The number of nitrogens with two attached hydrogens (primary N) is 1. The molecule has 0 aromatic heterocycles. The molecule has 0 aliphatic carbocycles. The molecule has 0 aliphatic rings. The number of benzene rings is 1. The van der Waals surface area contributed by atoms with Gasteiger partial charge in [0.25, 0.3) is 0 Å². The van der Waals surface area contributed by atoms with Gasteiger partial charge in [-0.15, -0.1) is 0 Å². The summed E-state index contributed by atoms with van der Waals surface area (Å²) < 4.78 is 22.2. The first-order valence-electron chi connectivity index (χ1n) is 3.71. The summed E-state index contributed by atoms with van der Waals surface area (Å²) in [5.74, 6) is -1.58. The summed E-state index contributed by atoms with van der Waals surface area (Å²) in [6.07, 6.45) is 0. The number of hydrogen-bond donors (Lipinski definition) is 2. The Morgan fingerprint density at radius 3 is 2.14 bits per heavy atom. The van der Waals surface area contributed by atoms with Gasteiger partial charge in [0.1, 0.15) is 5.94 Å². The van der Waals surface area contributed by atoms with E-state index in [4.69, 9.17) is 10.8 Å². The van der Waals surface area contributed by atoms with Crippen LogP contribution in [0.2, 0.25) is 0 Å². The molecule has 0 aliphatic heterocycles. The highest BCUT2D eigenvalue weighted by molar-refractivity contribution is 7.91. The Bertz CT molecular complexity index is 435. The molecule has 0 atom stereocenters. The van der Waals surface area contributed by atoms with Gasteiger partial charge in [-0.1, -0.05) is 0 Å². The molecule has 1 amide bonds. The van der Waals surface area contributed by atoms with Crippen LogP contribution in [-0.2, 0) is 9.84 Å². The Hall–Kier alpha value is -1.40. The second kappa shape index (κ2) is 3.77. The molecule has 5 nitrogen and oxygen atoms in total. The van der Waals surface area contributed by atoms with Crippen LogP contribution < -0.4 is 5.73 Å². The van der Waals surface area contributed by atoms with Crippen LogP contribution in [0.1, 0.15) is 10.4 Å². The van der Waals surface area contributed by atoms with Gasteiger partial charge in [-0.3, -0.25) is 4.79 Å². The van der Waals surface area contributed by atoms with E-state index in [1.807, 2.05) is 0 Å². The van der Waals surface area contributed by atoms with E-state index in [0.29, 0.717) is 0 Å². The molecule has 76 valence electrons. The molecule has 0 bridgehead atoms. The molecule has 0 fully saturated rings. The lowest BCUT2D eigenvalue weighted by atomic mass is 10.2. The van der Waals surface area contributed by atoms with Crippen molar-refractivity contribution in [2.24, 2.45) is 5.73 Å². The van der Waals surface area contributed by atoms with Crippen molar-refractivity contribution >= 4 is 15.7 Å². The Morgan fingerprint density at radius 2 is 1.79 bits per heavy atom. The Balaban J connectivity index is 3.12. The van der Waals surface area contributed by atoms with Gasteiger partial charge in [0.15, 0.2) is 0 Å². The monoisotopic (exact) mass is 215 g/mol. The number of hydrogen-bond acceptors (Lipinski definition) is 4. The molecule has 3 N–H and O–H groups in total. The Labute approximate surface area is 81.1 Å². The van der Waals surface area contributed by atoms with Gasteiger partial charge in [0.05, 0.1) is 4.90 Å². The van der Waals surface area contributed by atoms with Crippen LogP contribution in [0.3, 0.4) is 0 Å². The molecule has 14 heavy (non-hydrogen) atoms. The lowest BCUT2D eigenvalue weighted by Gasteiger charge is -2.00. The minimum absolute atomic E-state index is 0.0370. The maximum Gasteiger partial charge on any atom is 0.248 e. The van der Waals surface area contributed by atoms with Crippen molar-refractivity contribution in [1.29, 1.82) is 0 Å². The summed E-state index contributed by atoms with van der Waals surface area (Å²) in [7, 11) is -3.64. The number of aliphatic hydroxyl groups excluding tert-OH is 1. The van der Waals surface area contributed by atoms with E-state index in [0.717, 1.165) is 0 Å². The Kier molecular flexibility index (Phi) is 2.87. The summed E-state index contributed by atoms with van der Waals surface area (Å²) in [5, 5.41) is 8.55. The lowest BCUT2D eigenvalue weighted by Crippen LogP contribution is -2.11. The van der Waals surface area contributed by atoms with Crippen LogP contribution in [0.5, 0.6) is 0 Å². The molecule has 0 saturated carbocycles. The molecule has 0 unspecified atom stereocenters. The average molecular weight is 215 g/mol. The average Bonchev–Trinajstić information content (AvgIpc) is 2.18. The summed E-state index contributed by atoms with van der Waals surface area (Å²) in [5.41, 5.74) is 5.19. The number of sulfone groups is 1. The topological polar surface area (TPSA) is 97.5 Å². The van der Waals surface area contributed by atoms with Gasteiger partial charge < -0.3 is 10.8 Å². The van der Waals surface area contributed by atoms with Crippen molar-refractivity contribution in [3.63, 3.8) is 0 Å². The van der Waals surface area contributed by atoms with Crippen molar-refractivity contribution in [3.05, 3.63) is 29.8 Å². The molecule has 1 aromatic rings. The van der Waals surface area contributed by atoms with Crippen LogP contribution >= 0.6 is 0 Å². The highest BCUT2D eigenvalue weighted by Gasteiger charge is 2.12. The molecule has 0 saturated heterocycles. The number of carbonyl (C=O) groups is 1. The first-order chi connectivity index (χ1) is 6.47. The third-order valence-electron chi connectivity index (χ3n) is 1.67. The zero-order valence-corrected chi connectivity index (χ0v) is 7.99. The van der Waals surface area contributed by atoms with E-state index < -0.39 is 21.7 Å². The van der Waals surface area contributed by atoms with Gasteiger partial charge in [-0.2, -0.15) is 0 Å². The van der Waals surface area contributed by atoms with E-state index in [-0.39, 0.29) is 10.5 Å². The number of rotatable bonds is 3. The fourth-order valence-corrected chi connectivity index (χ4v) is 1.60. The number of aliphatic hydroxyl groups is 1. The summed E-state index contributed by atoms with van der Waals surface area (Å²) in [6, 6.07) is 5.05. The predicted octanol–water partition coefficient (Wildman–Crippen LogP) is -0.491. The van der Waals surface area contributed by atoms with E-state index >= 15 is 0 Å². The van der Waals surface area contributed by atoms with Crippen LogP contribution in [0, 0.1) is 0 Å². The standard InChI is InChI=1S/C8H9NO4S/c9-8(11)6-1-3-7(4-2-6)14(12,13)5-10/h1-4,10H,5H2,(H2,9,11). The van der Waals surface area contributed by atoms with Crippen molar-refractivity contribution in [3.8, 4) is 0 Å². The summed E-state index contributed by atoms with van der Waals surface area (Å²) in [6.45, 7) is 0. The number of carbonyl (C=O) groups excluding carboxylic acids is 1. The van der Waals surface area contributed by atoms with Gasteiger partial charge in [-0.25, -0.2) is 8.42 Å². The van der Waals surface area contributed by atoms with Gasteiger partial charge >= 0.3 is 0 Å². The SMILES string of the molecule is NC(=O)c1ccc(S(=O)(=O)CO)cc1. The third kappa shape index (κ3) is 2.09. The molecule has 0 spiro atoms. The highest BCUT2D eigenvalue weighted by atomic mass is 32.2. The maximum absolute atomic E-state index is 11.1. The molecule has 1 aromatic carbocycles. The van der Waals surface area contributed by atoms with Crippen molar-refractivity contribution in [2.45, 2.75) is 4.90 Å². The van der Waals surface area contributed by atoms with Gasteiger partial charge in [-0.05, 0) is 24.3 Å². The lowest BCUT2D eigenvalue weighted by molar-refractivity contribution is 0.1000. The van der Waals surface area contributed by atoms with Crippen molar-refractivity contribution in [2.75, 3.05) is 5.94 Å². The Morgan fingerprint density at radius 1 is 1.29 bits per heavy atom. The quantitative estimate of drug-likeness (QED) is 0.710. The fraction of sp³-hybridized carbons (Fsp3) is 0.125. The third-order valence-corrected chi connectivity index (χ3v) is 3.00. The first-order valence-corrected chi connectivity index (χ1v) is 5.36. The molecule has 1 rings (SSSR count). The normalized spacial score (nSPS) is 11.2. The van der Waals surface area contributed by atoms with E-state index in [9.17, 15) is 13.2 Å². The highest BCUT2D eigenvalue weighted by Crippen LogP contribution is 2.11. The smallest absolute Gasteiger partial charge is 0.248 e. The number of primary amides is 1. The predicted molar refractivity (Wildman–Crippen MR) is 49.2 cm³/mol. The molecule has 6 heteroatoms. The van der Waals surface area contributed by atoms with Gasteiger partial charge in [0, 0.05) is 5.56 Å². The van der Waals surface area contributed by atoms with Crippen LogP contribution in [-0.4, -0.2) is 25.4 Å². The summed E-state index contributed by atoms with van der Waals surface area (Å²) >= 11 is 0. The number of amides is 1. The minimum atomic E-state index is -3.64. The first kappa shape index (κ1) is 10.7. The van der Waals surface area contributed by atoms with E-state index in [2.05, 4.69) is 0 Å². The van der Waals surface area contributed by atoms with Gasteiger partial charge in [0.2, 0.25) is 15.7 Å². The van der Waals surface area contributed by atoms with E-state index in [1.54, 1.807) is 0 Å². The van der Waals surface area contributed by atoms with Crippen molar-refractivity contribution < 1.29 is 18.3 Å². The van der Waals surface area contributed by atoms with Crippen LogP contribution in [0.4, 0.5) is 0 Å². The molecule has 0 radical (unpaired) electrons. The largest absolute Gasteiger partial charge is 0.380 e. The van der Waals surface area contributed by atoms with E-state index in [1.165, 1.54) is 24.3 Å². The second-order valence-electron chi connectivity index (χ2n) is 2.63. The minimum Gasteiger partial charge on any atom is -0.380 e. The molecular weight excluding hydrogens is 206 g/mol. The van der Waals surface area contributed by atoms with Crippen LogP contribution in [0.25, 0.3) is 0 Å². The summed E-state index contributed by atoms with van der Waals surface area (Å²) in [4.78, 5) is 10.6.